The number of carbonyl (C=O) groups excluding carboxylic acids is 2. The third-order valence-corrected chi connectivity index (χ3v) is 6.06. The number of hydrogen-bond acceptors (Lipinski definition) is 4. The van der Waals surface area contributed by atoms with E-state index in [1.165, 1.54) is 12.8 Å². The number of pyridine rings is 1. The number of rotatable bonds is 6. The molecular formula is C23H27N3O3. The maximum absolute atomic E-state index is 12.9. The van der Waals surface area contributed by atoms with E-state index in [2.05, 4.69) is 10.3 Å². The molecule has 2 heterocycles. The highest BCUT2D eigenvalue weighted by molar-refractivity contribution is 5.98. The molecule has 0 saturated heterocycles. The summed E-state index contributed by atoms with van der Waals surface area (Å²) in [6.07, 6.45) is 4.49. The van der Waals surface area contributed by atoms with Gasteiger partial charge >= 0.3 is 0 Å². The molecule has 0 bridgehead atoms. The predicted molar refractivity (Wildman–Crippen MR) is 110 cm³/mol. The topological polar surface area (TPSA) is 71.5 Å². The Morgan fingerprint density at radius 2 is 2.00 bits per heavy atom. The number of carbonyl (C=O) groups is 2. The number of hydrogen-bond donors (Lipinski definition) is 1. The Morgan fingerprint density at radius 3 is 2.69 bits per heavy atom. The second-order valence-corrected chi connectivity index (χ2v) is 7.87. The molecule has 29 heavy (non-hydrogen) atoms. The van der Waals surface area contributed by atoms with E-state index in [4.69, 9.17) is 4.74 Å². The number of aromatic nitrogens is 1. The Hall–Kier alpha value is -2.89. The number of fused-ring (bicyclic) bond motifs is 1. The van der Waals surface area contributed by atoms with Crippen LogP contribution in [0.3, 0.4) is 0 Å². The molecule has 1 aliphatic carbocycles. The van der Waals surface area contributed by atoms with Crippen molar-refractivity contribution in [3.05, 3.63) is 58.8 Å². The van der Waals surface area contributed by atoms with Crippen molar-refractivity contribution in [2.24, 2.45) is 0 Å². The predicted octanol–water partition coefficient (Wildman–Crippen LogP) is 3.41. The van der Waals surface area contributed by atoms with Gasteiger partial charge in [0.15, 0.2) is 0 Å². The van der Waals surface area contributed by atoms with Gasteiger partial charge in [0.2, 0.25) is 11.8 Å². The average Bonchev–Trinajstić information content (AvgIpc) is 3.39. The molecule has 152 valence electrons. The van der Waals surface area contributed by atoms with Crippen LogP contribution in [0.1, 0.15) is 65.7 Å². The standard InChI is InChI=1S/C23H27N3O3/c1-15(16-8-4-3-5-9-16)21(27)24-13-17-12-19-20(25-22(17)29-2)14-26(23(19)28)18-10-6-7-11-18/h3-5,8-9,12,15,18H,6-7,10-11,13-14H2,1-2H3,(H,24,27)/t15-/m1/s1. The lowest BCUT2D eigenvalue weighted by molar-refractivity contribution is -0.122. The Kier molecular flexibility index (Phi) is 5.51. The van der Waals surface area contributed by atoms with E-state index in [-0.39, 0.29) is 24.3 Å². The zero-order chi connectivity index (χ0) is 20.4. The number of amides is 2. The van der Waals surface area contributed by atoms with Gasteiger partial charge in [0.25, 0.3) is 5.91 Å². The van der Waals surface area contributed by atoms with Gasteiger partial charge in [-0.05, 0) is 31.4 Å². The molecule has 2 aromatic rings. The molecule has 2 aliphatic rings. The fourth-order valence-corrected chi connectivity index (χ4v) is 4.31. The second kappa shape index (κ2) is 8.23. The summed E-state index contributed by atoms with van der Waals surface area (Å²) in [7, 11) is 1.57. The molecule has 1 fully saturated rings. The lowest BCUT2D eigenvalue weighted by Crippen LogP contribution is -2.33. The SMILES string of the molecule is COc1nc2c(cc1CNC(=O)[C@H](C)c1ccccc1)C(=O)N(C1CCCC1)C2. The molecule has 1 N–H and O–H groups in total. The van der Waals surface area contributed by atoms with E-state index < -0.39 is 0 Å². The summed E-state index contributed by atoms with van der Waals surface area (Å²) < 4.78 is 5.45. The first-order valence-corrected chi connectivity index (χ1v) is 10.3. The van der Waals surface area contributed by atoms with Crippen molar-refractivity contribution in [3.8, 4) is 5.88 Å². The first-order chi connectivity index (χ1) is 14.1. The van der Waals surface area contributed by atoms with Crippen LogP contribution in [0.2, 0.25) is 0 Å². The molecule has 1 aromatic carbocycles. The minimum absolute atomic E-state index is 0.0484. The molecule has 1 aliphatic heterocycles. The zero-order valence-electron chi connectivity index (χ0n) is 17.0. The average molecular weight is 393 g/mol. The van der Waals surface area contributed by atoms with Crippen molar-refractivity contribution in [1.29, 1.82) is 0 Å². The molecule has 6 nitrogen and oxygen atoms in total. The summed E-state index contributed by atoms with van der Waals surface area (Å²) in [5.74, 6) is 0.187. The van der Waals surface area contributed by atoms with E-state index >= 15 is 0 Å². The zero-order valence-corrected chi connectivity index (χ0v) is 17.0. The van der Waals surface area contributed by atoms with Crippen LogP contribution in [0.25, 0.3) is 0 Å². The van der Waals surface area contributed by atoms with Gasteiger partial charge in [0.05, 0.1) is 30.8 Å². The molecule has 0 radical (unpaired) electrons. The van der Waals surface area contributed by atoms with Crippen LogP contribution in [0.5, 0.6) is 5.88 Å². The molecule has 0 unspecified atom stereocenters. The molecule has 2 amide bonds. The summed E-state index contributed by atoms with van der Waals surface area (Å²) in [6.45, 7) is 2.70. The summed E-state index contributed by atoms with van der Waals surface area (Å²) in [5, 5.41) is 2.96. The molecular weight excluding hydrogens is 366 g/mol. The molecule has 0 spiro atoms. The number of nitrogens with zero attached hydrogens (tertiary/aromatic N) is 2. The summed E-state index contributed by atoms with van der Waals surface area (Å²) >= 11 is 0. The smallest absolute Gasteiger partial charge is 0.256 e. The van der Waals surface area contributed by atoms with Gasteiger partial charge in [-0.15, -0.1) is 0 Å². The second-order valence-electron chi connectivity index (χ2n) is 7.87. The van der Waals surface area contributed by atoms with Crippen molar-refractivity contribution in [2.45, 2.75) is 57.7 Å². The van der Waals surface area contributed by atoms with Crippen molar-refractivity contribution < 1.29 is 14.3 Å². The lowest BCUT2D eigenvalue weighted by atomic mass is 10.0. The first-order valence-electron chi connectivity index (χ1n) is 10.3. The lowest BCUT2D eigenvalue weighted by Gasteiger charge is -2.22. The number of ether oxygens (including phenoxy) is 1. The third-order valence-electron chi connectivity index (χ3n) is 6.06. The summed E-state index contributed by atoms with van der Waals surface area (Å²) in [5.41, 5.74) is 3.09. The maximum Gasteiger partial charge on any atom is 0.256 e. The van der Waals surface area contributed by atoms with Crippen molar-refractivity contribution in [2.75, 3.05) is 7.11 Å². The number of benzene rings is 1. The Morgan fingerprint density at radius 1 is 1.28 bits per heavy atom. The van der Waals surface area contributed by atoms with Gasteiger partial charge in [-0.3, -0.25) is 9.59 Å². The van der Waals surface area contributed by atoms with E-state index in [0.717, 1.165) is 29.7 Å². The van der Waals surface area contributed by atoms with Gasteiger partial charge in [0.1, 0.15) is 0 Å². The van der Waals surface area contributed by atoms with E-state index in [1.54, 1.807) is 7.11 Å². The summed E-state index contributed by atoms with van der Waals surface area (Å²) in [6, 6.07) is 11.8. The van der Waals surface area contributed by atoms with Crippen molar-refractivity contribution in [3.63, 3.8) is 0 Å². The largest absolute Gasteiger partial charge is 0.481 e. The molecule has 6 heteroatoms. The van der Waals surface area contributed by atoms with Gasteiger partial charge in [-0.1, -0.05) is 43.2 Å². The Bertz CT molecular complexity index is 907. The summed E-state index contributed by atoms with van der Waals surface area (Å²) in [4.78, 5) is 32.1. The Labute approximate surface area is 171 Å². The monoisotopic (exact) mass is 393 g/mol. The van der Waals surface area contributed by atoms with Gasteiger partial charge in [0, 0.05) is 18.2 Å². The maximum atomic E-state index is 12.9. The fourth-order valence-electron chi connectivity index (χ4n) is 4.31. The normalized spacial score (nSPS) is 17.3. The number of nitrogens with one attached hydrogen (secondary N) is 1. The van der Waals surface area contributed by atoms with Crippen LogP contribution in [0.15, 0.2) is 36.4 Å². The van der Waals surface area contributed by atoms with E-state index in [0.29, 0.717) is 24.0 Å². The van der Waals surface area contributed by atoms with E-state index in [9.17, 15) is 9.59 Å². The highest BCUT2D eigenvalue weighted by Gasteiger charge is 2.36. The molecule has 1 atom stereocenters. The van der Waals surface area contributed by atoms with Gasteiger partial charge in [-0.2, -0.15) is 0 Å². The number of methoxy groups -OCH3 is 1. The van der Waals surface area contributed by atoms with Gasteiger partial charge in [-0.25, -0.2) is 4.98 Å². The van der Waals surface area contributed by atoms with Crippen LogP contribution in [0, 0.1) is 0 Å². The van der Waals surface area contributed by atoms with Crippen LogP contribution in [-0.4, -0.2) is 34.8 Å². The molecule has 1 saturated carbocycles. The minimum atomic E-state index is -0.260. The van der Waals surface area contributed by atoms with Crippen molar-refractivity contribution >= 4 is 11.8 Å². The quantitative estimate of drug-likeness (QED) is 0.816. The third kappa shape index (κ3) is 3.84. The van der Waals surface area contributed by atoms with Crippen molar-refractivity contribution in [1.82, 2.24) is 15.2 Å². The Balaban J connectivity index is 1.49. The van der Waals surface area contributed by atoms with Crippen LogP contribution >= 0.6 is 0 Å². The van der Waals surface area contributed by atoms with E-state index in [1.807, 2.05) is 48.2 Å². The highest BCUT2D eigenvalue weighted by atomic mass is 16.5. The molecule has 1 aromatic heterocycles. The minimum Gasteiger partial charge on any atom is -0.481 e. The van der Waals surface area contributed by atoms with Crippen LogP contribution in [0.4, 0.5) is 0 Å². The fraction of sp³-hybridized carbons (Fsp3) is 0.435. The van der Waals surface area contributed by atoms with Crippen LogP contribution < -0.4 is 10.1 Å². The van der Waals surface area contributed by atoms with Gasteiger partial charge < -0.3 is 15.0 Å². The highest BCUT2D eigenvalue weighted by Crippen LogP contribution is 2.33. The van der Waals surface area contributed by atoms with Crippen LogP contribution in [-0.2, 0) is 17.9 Å². The first kappa shape index (κ1) is 19.4. The molecule has 4 rings (SSSR count).